The van der Waals surface area contributed by atoms with E-state index in [4.69, 9.17) is 14.2 Å². The molecule has 0 saturated carbocycles. The van der Waals surface area contributed by atoms with Crippen LogP contribution < -0.4 is 4.72 Å². The lowest BCUT2D eigenvalue weighted by molar-refractivity contribution is -0.108. The smallest absolute Gasteiger partial charge is 0.119 e. The van der Waals surface area contributed by atoms with Gasteiger partial charge >= 0.3 is 0 Å². The summed E-state index contributed by atoms with van der Waals surface area (Å²) in [6.07, 6.45) is 52.0. The zero-order chi connectivity index (χ0) is 46.4. The average molecular weight is 914 g/mol. The van der Waals surface area contributed by atoms with E-state index in [1.165, 1.54) is 232 Å². The molecule has 0 aromatic rings. The minimum absolute atomic E-state index is 0.445. The van der Waals surface area contributed by atoms with Crippen molar-refractivity contribution >= 4 is 24.5 Å². The number of methoxy groups -OCH3 is 2. The SMILES string of the molecule is CCCCCCCCC(CC)OC.CCCCCCCCC(CCCCCCCC)OC.O=CCCCCCCCN(CCCCCCCC=O)CCCNSCC1CCCCO1. The molecule has 1 aliphatic heterocycles. The van der Waals surface area contributed by atoms with E-state index < -0.39 is 0 Å². The van der Waals surface area contributed by atoms with Gasteiger partial charge in [0.15, 0.2) is 0 Å². The summed E-state index contributed by atoms with van der Waals surface area (Å²) in [6.45, 7) is 14.6. The van der Waals surface area contributed by atoms with Gasteiger partial charge in [0.25, 0.3) is 0 Å². The third-order valence-corrected chi connectivity index (χ3v) is 13.7. The summed E-state index contributed by atoms with van der Waals surface area (Å²) >= 11 is 1.83. The van der Waals surface area contributed by atoms with E-state index in [0.717, 1.165) is 63.6 Å². The Morgan fingerprint density at radius 3 is 1.37 bits per heavy atom. The molecule has 1 rings (SSSR count). The van der Waals surface area contributed by atoms with Crippen LogP contribution in [0.25, 0.3) is 0 Å². The first-order valence-corrected chi connectivity index (χ1v) is 28.7. The molecule has 63 heavy (non-hydrogen) atoms. The molecule has 0 aliphatic carbocycles. The molecule has 0 bridgehead atoms. The van der Waals surface area contributed by atoms with Gasteiger partial charge in [-0.15, -0.1) is 0 Å². The van der Waals surface area contributed by atoms with Gasteiger partial charge in [-0.1, -0.05) is 194 Å². The van der Waals surface area contributed by atoms with E-state index in [2.05, 4.69) is 37.3 Å². The molecule has 0 aromatic carbocycles. The van der Waals surface area contributed by atoms with Gasteiger partial charge in [-0.2, -0.15) is 0 Å². The predicted molar refractivity (Wildman–Crippen MR) is 279 cm³/mol. The summed E-state index contributed by atoms with van der Waals surface area (Å²) in [5, 5.41) is 0. The lowest BCUT2D eigenvalue weighted by atomic mass is 10.0. The molecule has 0 radical (unpaired) electrons. The summed E-state index contributed by atoms with van der Waals surface area (Å²) in [4.78, 5) is 23.4. The Hall–Kier alpha value is -0.510. The molecule has 1 heterocycles. The highest BCUT2D eigenvalue weighted by atomic mass is 32.2. The second kappa shape index (κ2) is 57.6. The molecule has 0 spiro atoms. The Kier molecular flexibility index (Phi) is 59.1. The lowest BCUT2D eigenvalue weighted by Gasteiger charge is -2.23. The quantitative estimate of drug-likeness (QED) is 0.0368. The van der Waals surface area contributed by atoms with Crippen LogP contribution in [-0.2, 0) is 23.8 Å². The number of hydrogen-bond donors (Lipinski definition) is 1. The fraction of sp³-hybridized carbons (Fsp3) is 0.964. The maximum atomic E-state index is 10.4. The zero-order valence-electron chi connectivity index (χ0n) is 43.4. The number of hydrogen-bond acceptors (Lipinski definition) is 8. The molecular weight excluding hydrogens is 801 g/mol. The summed E-state index contributed by atoms with van der Waals surface area (Å²) in [7, 11) is 3.71. The van der Waals surface area contributed by atoms with E-state index in [0.29, 0.717) is 18.3 Å². The number of nitrogens with zero attached hydrogens (tertiary/aromatic N) is 1. The molecule has 378 valence electrons. The number of unbranched alkanes of at least 4 members (excludes halogenated alkanes) is 25. The molecule has 0 aromatic heterocycles. The first-order chi connectivity index (χ1) is 31.1. The molecule has 1 fully saturated rings. The summed E-state index contributed by atoms with van der Waals surface area (Å²) < 4.78 is 20.3. The second-order valence-electron chi connectivity index (χ2n) is 18.6. The van der Waals surface area contributed by atoms with Crippen molar-refractivity contribution in [2.75, 3.05) is 52.8 Å². The van der Waals surface area contributed by atoms with Crippen LogP contribution in [0.4, 0.5) is 0 Å². The summed E-state index contributed by atoms with van der Waals surface area (Å²) in [5.41, 5.74) is 0. The number of ether oxygens (including phenoxy) is 3. The second-order valence-corrected chi connectivity index (χ2v) is 19.5. The van der Waals surface area contributed by atoms with Gasteiger partial charge < -0.3 is 28.7 Å². The van der Waals surface area contributed by atoms with Crippen molar-refractivity contribution in [3.05, 3.63) is 0 Å². The standard InChI is InChI=1S/C25H48N2O3S.C18H38O.C12H26O/c28-21-12-7-3-1-5-10-18-27(19-11-6-2-4-8-13-22-29)20-15-17-26-31-24-25-16-9-14-23-30-25;1-4-6-8-10-12-14-16-18(19-3)17-15-13-11-9-7-5-2;1-4-6-7-8-9-10-11-12(5-2)13-3/h21-22,25-26H,1-20,23-24H2;18H,4-17H2,1-3H3;12H,4-11H2,1-3H3. The highest BCUT2D eigenvalue weighted by molar-refractivity contribution is 7.97. The van der Waals surface area contributed by atoms with Crippen LogP contribution in [0.5, 0.6) is 0 Å². The predicted octanol–water partition coefficient (Wildman–Crippen LogP) is 16.2. The Balaban J connectivity index is 0. The van der Waals surface area contributed by atoms with Gasteiger partial charge in [-0.25, -0.2) is 0 Å². The monoisotopic (exact) mass is 913 g/mol. The largest absolute Gasteiger partial charge is 0.381 e. The third kappa shape index (κ3) is 52.3. The molecule has 1 saturated heterocycles. The van der Waals surface area contributed by atoms with Crippen LogP contribution in [-0.4, -0.2) is 88.5 Å². The van der Waals surface area contributed by atoms with Crippen molar-refractivity contribution in [2.24, 2.45) is 0 Å². The highest BCUT2D eigenvalue weighted by Crippen LogP contribution is 2.18. The Morgan fingerprint density at radius 1 is 0.540 bits per heavy atom. The van der Waals surface area contributed by atoms with Crippen molar-refractivity contribution in [3.8, 4) is 0 Å². The molecule has 1 N–H and O–H groups in total. The van der Waals surface area contributed by atoms with E-state index >= 15 is 0 Å². The first-order valence-electron chi connectivity index (χ1n) is 27.7. The minimum atomic E-state index is 0.445. The van der Waals surface area contributed by atoms with Crippen LogP contribution in [0, 0.1) is 0 Å². The van der Waals surface area contributed by atoms with Gasteiger partial charge in [0.05, 0.1) is 18.3 Å². The number of carbonyl (C=O) groups is 2. The van der Waals surface area contributed by atoms with Crippen LogP contribution in [0.15, 0.2) is 0 Å². The third-order valence-electron chi connectivity index (χ3n) is 12.8. The van der Waals surface area contributed by atoms with E-state index in [-0.39, 0.29) is 0 Å². The number of aldehydes is 2. The lowest BCUT2D eigenvalue weighted by Crippen LogP contribution is -2.29. The molecule has 8 heteroatoms. The molecule has 1 aliphatic rings. The fourth-order valence-electron chi connectivity index (χ4n) is 8.39. The highest BCUT2D eigenvalue weighted by Gasteiger charge is 2.13. The molecule has 2 atom stereocenters. The Bertz CT molecular complexity index is 806. The van der Waals surface area contributed by atoms with Crippen molar-refractivity contribution in [1.29, 1.82) is 0 Å². The van der Waals surface area contributed by atoms with Gasteiger partial charge in [0.2, 0.25) is 0 Å². The number of rotatable bonds is 47. The van der Waals surface area contributed by atoms with Crippen molar-refractivity contribution < 1.29 is 23.8 Å². The molecule has 2 unspecified atom stereocenters. The molecular formula is C55H112N2O5S. The zero-order valence-corrected chi connectivity index (χ0v) is 44.2. The fourth-order valence-corrected chi connectivity index (χ4v) is 9.24. The van der Waals surface area contributed by atoms with Crippen LogP contribution in [0.1, 0.15) is 272 Å². The Labute approximate surface area is 399 Å². The van der Waals surface area contributed by atoms with Gasteiger partial charge in [0, 0.05) is 46.0 Å². The van der Waals surface area contributed by atoms with Crippen LogP contribution >= 0.6 is 11.9 Å². The first kappa shape index (κ1) is 64.6. The van der Waals surface area contributed by atoms with E-state index in [1.807, 2.05) is 26.2 Å². The maximum Gasteiger partial charge on any atom is 0.119 e. The van der Waals surface area contributed by atoms with Gasteiger partial charge in [-0.3, -0.25) is 4.72 Å². The molecule has 7 nitrogen and oxygen atoms in total. The number of carbonyl (C=O) groups excluding carboxylic acids is 2. The van der Waals surface area contributed by atoms with E-state index in [9.17, 15) is 9.59 Å². The van der Waals surface area contributed by atoms with E-state index in [1.54, 1.807) is 0 Å². The maximum absolute atomic E-state index is 10.4. The van der Waals surface area contributed by atoms with Crippen molar-refractivity contribution in [2.45, 2.75) is 290 Å². The van der Waals surface area contributed by atoms with Crippen LogP contribution in [0.2, 0.25) is 0 Å². The summed E-state index contributed by atoms with van der Waals surface area (Å²) in [6, 6.07) is 0. The van der Waals surface area contributed by atoms with Crippen LogP contribution in [0.3, 0.4) is 0 Å². The van der Waals surface area contributed by atoms with Crippen molar-refractivity contribution in [1.82, 2.24) is 9.62 Å². The molecule has 0 amide bonds. The van der Waals surface area contributed by atoms with Gasteiger partial charge in [-0.05, 0) is 96.7 Å². The number of nitrogens with one attached hydrogen (secondary N) is 1. The average Bonchev–Trinajstić information content (AvgIpc) is 3.31. The minimum Gasteiger partial charge on any atom is -0.381 e. The van der Waals surface area contributed by atoms with Gasteiger partial charge in [0.1, 0.15) is 12.6 Å². The summed E-state index contributed by atoms with van der Waals surface area (Å²) in [5.74, 6) is 1.07. The van der Waals surface area contributed by atoms with Crippen molar-refractivity contribution in [3.63, 3.8) is 0 Å². The Morgan fingerprint density at radius 2 is 0.952 bits per heavy atom. The normalized spacial score (nSPS) is 14.3. The topological polar surface area (TPSA) is 77.1 Å².